The topological polar surface area (TPSA) is 92.9 Å². The molecule has 3 heterocycles. The zero-order valence-electron chi connectivity index (χ0n) is 13.8. The molecule has 0 amide bonds. The van der Waals surface area contributed by atoms with E-state index in [0.29, 0.717) is 18.1 Å². The largest absolute Gasteiger partial charge is 0.481 e. The molecular formula is C17H14F3N5O2. The fourth-order valence-electron chi connectivity index (χ4n) is 2.29. The number of carboxylic acids is 1. The number of anilines is 2. The number of nitrogens with one attached hydrogen (secondary N) is 1. The summed E-state index contributed by atoms with van der Waals surface area (Å²) in [5.74, 6) is -0.173. The standard InChI is InChI=1S/C17H14F3N5O2/c18-17(19,20)12-6-7-21-14(8-12)23-13-2-1-3-15(24-13)25-10-11(9-22-25)4-5-16(26)27/h1-3,6-10H,4-5H2,(H,26,27)(H,21,23,24). The number of hydrogen-bond donors (Lipinski definition) is 2. The third-order valence-electron chi connectivity index (χ3n) is 3.58. The van der Waals surface area contributed by atoms with Crippen molar-refractivity contribution in [2.75, 3.05) is 5.32 Å². The molecule has 0 fully saturated rings. The highest BCUT2D eigenvalue weighted by atomic mass is 19.4. The summed E-state index contributed by atoms with van der Waals surface area (Å²) in [5.41, 5.74) is -0.0802. The van der Waals surface area contributed by atoms with E-state index in [4.69, 9.17) is 5.11 Å². The number of hydrogen-bond acceptors (Lipinski definition) is 5. The Morgan fingerprint density at radius 2 is 2.04 bits per heavy atom. The molecule has 0 bridgehead atoms. The van der Waals surface area contributed by atoms with E-state index in [2.05, 4.69) is 20.4 Å². The van der Waals surface area contributed by atoms with Crippen LogP contribution in [-0.4, -0.2) is 30.8 Å². The molecule has 0 radical (unpaired) electrons. The average Bonchev–Trinajstić information content (AvgIpc) is 3.09. The zero-order chi connectivity index (χ0) is 19.4. The first-order valence-corrected chi connectivity index (χ1v) is 7.84. The molecule has 0 aromatic carbocycles. The Balaban J connectivity index is 1.77. The van der Waals surface area contributed by atoms with Gasteiger partial charge in [-0.15, -0.1) is 0 Å². The lowest BCUT2D eigenvalue weighted by Gasteiger charge is -2.10. The Morgan fingerprint density at radius 3 is 2.78 bits per heavy atom. The second kappa shape index (κ2) is 7.44. The normalized spacial score (nSPS) is 11.4. The molecule has 3 aromatic heterocycles. The van der Waals surface area contributed by atoms with Crippen molar-refractivity contribution >= 4 is 17.6 Å². The lowest BCUT2D eigenvalue weighted by Crippen LogP contribution is -2.07. The van der Waals surface area contributed by atoms with Crippen LogP contribution < -0.4 is 5.32 Å². The Bertz CT molecular complexity index is 955. The number of nitrogens with zero attached hydrogens (tertiary/aromatic N) is 4. The SMILES string of the molecule is O=C(O)CCc1cnn(-c2cccc(Nc3cc(C(F)(F)F)ccn3)n2)c1. The van der Waals surface area contributed by atoms with Crippen LogP contribution in [0.3, 0.4) is 0 Å². The van der Waals surface area contributed by atoms with Crippen LogP contribution in [0.15, 0.2) is 48.9 Å². The first-order valence-electron chi connectivity index (χ1n) is 7.84. The van der Waals surface area contributed by atoms with Crippen molar-refractivity contribution in [2.24, 2.45) is 0 Å². The van der Waals surface area contributed by atoms with Gasteiger partial charge in [0.05, 0.1) is 11.8 Å². The first kappa shape index (κ1) is 18.4. The molecule has 10 heteroatoms. The molecule has 0 aliphatic carbocycles. The Hall–Kier alpha value is -3.43. The van der Waals surface area contributed by atoms with Gasteiger partial charge in [-0.2, -0.15) is 18.3 Å². The molecule has 0 unspecified atom stereocenters. The van der Waals surface area contributed by atoms with E-state index >= 15 is 0 Å². The number of aliphatic carboxylic acids is 1. The van der Waals surface area contributed by atoms with Crippen LogP contribution in [0.1, 0.15) is 17.5 Å². The number of halogens is 3. The lowest BCUT2D eigenvalue weighted by atomic mass is 10.2. The van der Waals surface area contributed by atoms with E-state index in [0.717, 1.165) is 23.9 Å². The van der Waals surface area contributed by atoms with E-state index in [1.165, 1.54) is 4.68 Å². The number of carboxylic acid groups (broad SMARTS) is 1. The maximum Gasteiger partial charge on any atom is 0.416 e. The highest BCUT2D eigenvalue weighted by Crippen LogP contribution is 2.30. The molecule has 3 rings (SSSR count). The number of aryl methyl sites for hydroxylation is 1. The third-order valence-corrected chi connectivity index (χ3v) is 3.58. The van der Waals surface area contributed by atoms with Crippen LogP contribution in [0.2, 0.25) is 0 Å². The summed E-state index contributed by atoms with van der Waals surface area (Å²) in [6.07, 6.45) is 0.118. The van der Waals surface area contributed by atoms with Gasteiger partial charge in [-0.3, -0.25) is 4.79 Å². The molecule has 0 saturated carbocycles. The first-order chi connectivity index (χ1) is 12.8. The maximum absolute atomic E-state index is 12.8. The van der Waals surface area contributed by atoms with Crippen molar-refractivity contribution in [1.29, 1.82) is 0 Å². The second-order valence-electron chi connectivity index (χ2n) is 5.62. The minimum Gasteiger partial charge on any atom is -0.481 e. The van der Waals surface area contributed by atoms with Crippen LogP contribution in [0.4, 0.5) is 24.8 Å². The predicted molar refractivity (Wildman–Crippen MR) is 89.8 cm³/mol. The van der Waals surface area contributed by atoms with Gasteiger partial charge in [0.15, 0.2) is 5.82 Å². The summed E-state index contributed by atoms with van der Waals surface area (Å²) in [6.45, 7) is 0. The van der Waals surface area contributed by atoms with Gasteiger partial charge < -0.3 is 10.4 Å². The van der Waals surface area contributed by atoms with E-state index in [9.17, 15) is 18.0 Å². The van der Waals surface area contributed by atoms with Crippen LogP contribution in [0.5, 0.6) is 0 Å². The molecule has 2 N–H and O–H groups in total. The highest BCUT2D eigenvalue weighted by Gasteiger charge is 2.30. The van der Waals surface area contributed by atoms with Crippen LogP contribution in [-0.2, 0) is 17.4 Å². The molecule has 0 aliphatic rings. The summed E-state index contributed by atoms with van der Waals surface area (Å²) in [4.78, 5) is 18.8. The Labute approximate surface area is 151 Å². The molecule has 0 atom stereocenters. The monoisotopic (exact) mass is 377 g/mol. The fraction of sp³-hybridized carbons (Fsp3) is 0.176. The van der Waals surface area contributed by atoms with Gasteiger partial charge in [-0.1, -0.05) is 6.07 Å². The van der Waals surface area contributed by atoms with E-state index in [-0.39, 0.29) is 12.2 Å². The van der Waals surface area contributed by atoms with Gasteiger partial charge in [0.2, 0.25) is 0 Å². The van der Waals surface area contributed by atoms with Crippen molar-refractivity contribution in [2.45, 2.75) is 19.0 Å². The third kappa shape index (κ3) is 4.81. The van der Waals surface area contributed by atoms with Crippen LogP contribution >= 0.6 is 0 Å². The maximum atomic E-state index is 12.8. The number of alkyl halides is 3. The van der Waals surface area contributed by atoms with Crippen LogP contribution in [0.25, 0.3) is 5.82 Å². The summed E-state index contributed by atoms with van der Waals surface area (Å²) in [5, 5.41) is 15.6. The van der Waals surface area contributed by atoms with Gasteiger partial charge in [-0.25, -0.2) is 14.6 Å². The van der Waals surface area contributed by atoms with Gasteiger partial charge >= 0.3 is 12.1 Å². The molecule has 0 spiro atoms. The van der Waals surface area contributed by atoms with Gasteiger partial charge in [-0.05, 0) is 36.2 Å². The van der Waals surface area contributed by atoms with Crippen molar-refractivity contribution in [3.05, 3.63) is 60.0 Å². The lowest BCUT2D eigenvalue weighted by molar-refractivity contribution is -0.138. The smallest absolute Gasteiger partial charge is 0.416 e. The van der Waals surface area contributed by atoms with Crippen molar-refractivity contribution in [3.8, 4) is 5.82 Å². The fourth-order valence-corrected chi connectivity index (χ4v) is 2.29. The second-order valence-corrected chi connectivity index (χ2v) is 5.62. The number of aromatic nitrogens is 4. The predicted octanol–water partition coefficient (Wildman–Crippen LogP) is 3.44. The number of carbonyl (C=O) groups is 1. The summed E-state index contributed by atoms with van der Waals surface area (Å²) < 4.78 is 39.8. The average molecular weight is 377 g/mol. The Kier molecular flexibility index (Phi) is 5.06. The summed E-state index contributed by atoms with van der Waals surface area (Å²) in [6, 6.07) is 6.69. The summed E-state index contributed by atoms with van der Waals surface area (Å²) >= 11 is 0. The molecule has 7 nitrogen and oxygen atoms in total. The molecule has 140 valence electrons. The van der Waals surface area contributed by atoms with Gasteiger partial charge in [0.25, 0.3) is 0 Å². The van der Waals surface area contributed by atoms with Crippen molar-refractivity contribution in [1.82, 2.24) is 19.7 Å². The van der Waals surface area contributed by atoms with Gasteiger partial charge in [0.1, 0.15) is 11.6 Å². The van der Waals surface area contributed by atoms with Crippen LogP contribution in [0, 0.1) is 0 Å². The van der Waals surface area contributed by atoms with E-state index in [1.807, 2.05) is 0 Å². The van der Waals surface area contributed by atoms with Crippen molar-refractivity contribution < 1.29 is 23.1 Å². The van der Waals surface area contributed by atoms with Gasteiger partial charge in [0, 0.05) is 18.8 Å². The number of rotatable bonds is 6. The summed E-state index contributed by atoms with van der Waals surface area (Å²) in [7, 11) is 0. The zero-order valence-corrected chi connectivity index (χ0v) is 13.8. The minimum atomic E-state index is -4.46. The molecule has 0 aliphatic heterocycles. The van der Waals surface area contributed by atoms with E-state index in [1.54, 1.807) is 30.6 Å². The number of pyridine rings is 2. The quantitative estimate of drug-likeness (QED) is 0.684. The molecular weight excluding hydrogens is 363 g/mol. The van der Waals surface area contributed by atoms with Crippen molar-refractivity contribution in [3.63, 3.8) is 0 Å². The minimum absolute atomic E-state index is 0.0112. The Morgan fingerprint density at radius 1 is 1.22 bits per heavy atom. The molecule has 27 heavy (non-hydrogen) atoms. The molecule has 3 aromatic rings. The van der Waals surface area contributed by atoms with E-state index < -0.39 is 17.7 Å². The highest BCUT2D eigenvalue weighted by molar-refractivity contribution is 5.67. The molecule has 0 saturated heterocycles.